The van der Waals surface area contributed by atoms with E-state index in [1.54, 1.807) is 6.92 Å². The topological polar surface area (TPSA) is 114 Å². The Balaban J connectivity index is 2.77. The third-order valence-corrected chi connectivity index (χ3v) is 1.86. The maximum Gasteiger partial charge on any atom is 0.427 e. The van der Waals surface area contributed by atoms with Crippen LogP contribution in [0.2, 0.25) is 0 Å². The van der Waals surface area contributed by atoms with Crippen molar-refractivity contribution in [3.05, 3.63) is 33.9 Å². The number of rotatable bonds is 4. The Morgan fingerprint density at radius 1 is 1.67 bits per heavy atom. The zero-order valence-electron chi connectivity index (χ0n) is 9.49. The lowest BCUT2D eigenvalue weighted by atomic mass is 10.2. The van der Waals surface area contributed by atoms with Crippen LogP contribution in [-0.4, -0.2) is 28.9 Å². The Bertz CT molecular complexity index is 486. The maximum absolute atomic E-state index is 10.9. The van der Waals surface area contributed by atoms with E-state index in [0.29, 0.717) is 0 Å². The smallest absolute Gasteiger partial charge is 0.427 e. The van der Waals surface area contributed by atoms with Gasteiger partial charge in [-0.05, 0) is 13.0 Å². The zero-order chi connectivity index (χ0) is 13.5. The number of aromatic hydroxyl groups is 1. The van der Waals surface area contributed by atoms with Gasteiger partial charge in [0.1, 0.15) is 5.75 Å². The summed E-state index contributed by atoms with van der Waals surface area (Å²) in [7, 11) is 0. The van der Waals surface area contributed by atoms with E-state index < -0.39 is 11.0 Å². The number of nitro groups is 1. The fourth-order valence-corrected chi connectivity index (χ4v) is 1.08. The van der Waals surface area contributed by atoms with Crippen molar-refractivity contribution in [3.8, 4) is 5.75 Å². The van der Waals surface area contributed by atoms with E-state index in [2.05, 4.69) is 9.84 Å². The standard InChI is InChI=1S/C10H11N3O5/c1-2-18-10(15)12-11-6-7-5-8(13(16)17)3-4-9(7)14/h3-6,14H,2H2,1H3,(H,12,15)/b11-6-. The number of hydrogen-bond acceptors (Lipinski definition) is 6. The fraction of sp³-hybridized carbons (Fsp3) is 0.200. The summed E-state index contributed by atoms with van der Waals surface area (Å²) in [6.45, 7) is 1.83. The Kier molecular flexibility index (Phi) is 4.61. The summed E-state index contributed by atoms with van der Waals surface area (Å²) in [4.78, 5) is 20.8. The summed E-state index contributed by atoms with van der Waals surface area (Å²) in [5.41, 5.74) is 1.96. The van der Waals surface area contributed by atoms with Crippen molar-refractivity contribution in [1.82, 2.24) is 5.43 Å². The van der Waals surface area contributed by atoms with Crippen molar-refractivity contribution in [2.45, 2.75) is 6.92 Å². The first kappa shape index (κ1) is 13.4. The van der Waals surface area contributed by atoms with Gasteiger partial charge in [0, 0.05) is 17.7 Å². The van der Waals surface area contributed by atoms with Crippen molar-refractivity contribution >= 4 is 18.0 Å². The molecule has 0 fully saturated rings. The second-order valence-electron chi connectivity index (χ2n) is 3.09. The third-order valence-electron chi connectivity index (χ3n) is 1.86. The molecule has 96 valence electrons. The molecule has 0 spiro atoms. The fourth-order valence-electron chi connectivity index (χ4n) is 1.08. The van der Waals surface area contributed by atoms with Gasteiger partial charge in [-0.15, -0.1) is 0 Å². The van der Waals surface area contributed by atoms with Crippen LogP contribution in [-0.2, 0) is 4.74 Å². The van der Waals surface area contributed by atoms with E-state index in [4.69, 9.17) is 0 Å². The van der Waals surface area contributed by atoms with Crippen molar-refractivity contribution < 1.29 is 19.6 Å². The number of non-ortho nitro benzene ring substituents is 1. The predicted octanol–water partition coefficient (Wildman–Crippen LogP) is 1.38. The number of carbonyl (C=O) groups is 1. The molecule has 0 unspecified atom stereocenters. The quantitative estimate of drug-likeness (QED) is 0.478. The molecule has 0 aliphatic heterocycles. The molecule has 0 aromatic heterocycles. The average molecular weight is 253 g/mol. The molecule has 0 saturated heterocycles. The van der Waals surface area contributed by atoms with Crippen LogP contribution in [0.3, 0.4) is 0 Å². The van der Waals surface area contributed by atoms with Crippen LogP contribution in [0.4, 0.5) is 10.5 Å². The lowest BCUT2D eigenvalue weighted by molar-refractivity contribution is -0.384. The minimum Gasteiger partial charge on any atom is -0.507 e. The van der Waals surface area contributed by atoms with E-state index in [9.17, 15) is 20.0 Å². The molecule has 2 N–H and O–H groups in total. The molecular weight excluding hydrogens is 242 g/mol. The summed E-state index contributed by atoms with van der Waals surface area (Å²) in [6, 6.07) is 3.46. The monoisotopic (exact) mass is 253 g/mol. The van der Waals surface area contributed by atoms with Crippen LogP contribution >= 0.6 is 0 Å². The molecule has 0 radical (unpaired) electrons. The first-order chi connectivity index (χ1) is 8.54. The number of phenols is 1. The van der Waals surface area contributed by atoms with Gasteiger partial charge < -0.3 is 9.84 Å². The zero-order valence-corrected chi connectivity index (χ0v) is 9.49. The SMILES string of the molecule is CCOC(=O)N/N=C\c1cc([N+](=O)[O-])ccc1O. The number of carbonyl (C=O) groups excluding carboxylic acids is 1. The van der Waals surface area contributed by atoms with E-state index in [1.807, 2.05) is 5.43 Å². The Hall–Kier alpha value is -2.64. The van der Waals surface area contributed by atoms with Gasteiger partial charge in [0.25, 0.3) is 5.69 Å². The molecule has 8 nitrogen and oxygen atoms in total. The molecule has 0 heterocycles. The molecule has 18 heavy (non-hydrogen) atoms. The van der Waals surface area contributed by atoms with E-state index >= 15 is 0 Å². The summed E-state index contributed by atoms with van der Waals surface area (Å²) in [5, 5.41) is 23.4. The lowest BCUT2D eigenvalue weighted by Gasteiger charge is -2.00. The number of ether oxygens (including phenoxy) is 1. The van der Waals surface area contributed by atoms with Crippen molar-refractivity contribution in [2.24, 2.45) is 5.10 Å². The van der Waals surface area contributed by atoms with Crippen molar-refractivity contribution in [1.29, 1.82) is 0 Å². The molecule has 0 aliphatic carbocycles. The molecular formula is C10H11N3O5. The molecule has 0 atom stereocenters. The lowest BCUT2D eigenvalue weighted by Crippen LogP contribution is -2.18. The summed E-state index contributed by atoms with van der Waals surface area (Å²) in [5.74, 6) is -0.185. The van der Waals surface area contributed by atoms with Crippen LogP contribution in [0.1, 0.15) is 12.5 Å². The molecule has 1 rings (SSSR count). The molecule has 8 heteroatoms. The Morgan fingerprint density at radius 2 is 2.39 bits per heavy atom. The third kappa shape index (κ3) is 3.74. The molecule has 0 bridgehead atoms. The van der Waals surface area contributed by atoms with E-state index in [-0.39, 0.29) is 23.6 Å². The van der Waals surface area contributed by atoms with Gasteiger partial charge in [0.15, 0.2) is 0 Å². The van der Waals surface area contributed by atoms with Gasteiger partial charge in [-0.25, -0.2) is 10.2 Å². The second-order valence-corrected chi connectivity index (χ2v) is 3.09. The molecule has 0 aliphatic rings. The normalized spacial score (nSPS) is 10.3. The van der Waals surface area contributed by atoms with Crippen LogP contribution < -0.4 is 5.43 Å². The van der Waals surface area contributed by atoms with E-state index in [1.165, 1.54) is 6.07 Å². The summed E-state index contributed by atoms with van der Waals surface area (Å²) < 4.78 is 4.54. The van der Waals surface area contributed by atoms with Gasteiger partial charge in [0.05, 0.1) is 17.7 Å². The number of phenolic OH excluding ortho intramolecular Hbond substituents is 1. The minimum absolute atomic E-state index is 0.112. The van der Waals surface area contributed by atoms with Gasteiger partial charge in [0.2, 0.25) is 0 Å². The second kappa shape index (κ2) is 6.18. The number of amides is 1. The number of benzene rings is 1. The number of hydrogen-bond donors (Lipinski definition) is 2. The highest BCUT2D eigenvalue weighted by Gasteiger charge is 2.08. The highest BCUT2D eigenvalue weighted by Crippen LogP contribution is 2.21. The van der Waals surface area contributed by atoms with Crippen LogP contribution in [0.25, 0.3) is 0 Å². The Morgan fingerprint density at radius 3 is 3.00 bits per heavy atom. The van der Waals surface area contributed by atoms with Crippen LogP contribution in [0.15, 0.2) is 23.3 Å². The number of hydrazone groups is 1. The number of nitrogens with zero attached hydrogens (tertiary/aromatic N) is 2. The molecule has 0 saturated carbocycles. The van der Waals surface area contributed by atoms with Crippen molar-refractivity contribution in [3.63, 3.8) is 0 Å². The van der Waals surface area contributed by atoms with E-state index in [0.717, 1.165) is 18.3 Å². The predicted molar refractivity (Wildman–Crippen MR) is 62.5 cm³/mol. The van der Waals surface area contributed by atoms with Gasteiger partial charge in [-0.1, -0.05) is 0 Å². The summed E-state index contributed by atoms with van der Waals surface area (Å²) >= 11 is 0. The first-order valence-electron chi connectivity index (χ1n) is 4.97. The number of nitrogens with one attached hydrogen (secondary N) is 1. The maximum atomic E-state index is 10.9. The minimum atomic E-state index is -0.751. The first-order valence-corrected chi connectivity index (χ1v) is 4.97. The Labute approximate surface area is 102 Å². The molecule has 1 aromatic carbocycles. The van der Waals surface area contributed by atoms with Crippen molar-refractivity contribution in [2.75, 3.05) is 6.61 Å². The van der Waals surface area contributed by atoms with Gasteiger partial charge in [-0.2, -0.15) is 5.10 Å². The largest absolute Gasteiger partial charge is 0.507 e. The number of nitro benzene ring substituents is 1. The van der Waals surface area contributed by atoms with Gasteiger partial charge >= 0.3 is 6.09 Å². The molecule has 1 aromatic rings. The van der Waals surface area contributed by atoms with Gasteiger partial charge in [-0.3, -0.25) is 10.1 Å². The molecule has 1 amide bonds. The highest BCUT2D eigenvalue weighted by molar-refractivity contribution is 5.85. The summed E-state index contributed by atoms with van der Waals surface area (Å²) in [6.07, 6.45) is 0.331. The van der Waals surface area contributed by atoms with Crippen LogP contribution in [0, 0.1) is 10.1 Å². The highest BCUT2D eigenvalue weighted by atomic mass is 16.6. The van der Waals surface area contributed by atoms with Crippen LogP contribution in [0.5, 0.6) is 5.75 Å². The average Bonchev–Trinajstić information content (AvgIpc) is 2.31.